The van der Waals surface area contributed by atoms with Crippen LogP contribution in [-0.4, -0.2) is 5.78 Å². The molecular formula is C9H13IO. The molecule has 11 heavy (non-hydrogen) atoms. The van der Waals surface area contributed by atoms with E-state index in [1.54, 1.807) is 0 Å². The summed E-state index contributed by atoms with van der Waals surface area (Å²) in [6.07, 6.45) is 1.73. The van der Waals surface area contributed by atoms with Crippen molar-refractivity contribution in [2.24, 2.45) is 5.41 Å². The molecule has 0 atom stereocenters. The van der Waals surface area contributed by atoms with Crippen molar-refractivity contribution in [3.8, 4) is 0 Å². The minimum absolute atomic E-state index is 0.241. The van der Waals surface area contributed by atoms with Gasteiger partial charge in [0.15, 0.2) is 5.78 Å². The van der Waals surface area contributed by atoms with Gasteiger partial charge >= 0.3 is 0 Å². The third-order valence-corrected chi connectivity index (χ3v) is 3.98. The number of hydrogen-bond acceptors (Lipinski definition) is 1. The van der Waals surface area contributed by atoms with Gasteiger partial charge < -0.3 is 0 Å². The lowest BCUT2D eigenvalue weighted by Crippen LogP contribution is -2.22. The van der Waals surface area contributed by atoms with Crippen molar-refractivity contribution in [2.45, 2.75) is 33.6 Å². The average molecular weight is 264 g/mol. The van der Waals surface area contributed by atoms with Crippen molar-refractivity contribution >= 4 is 28.4 Å². The fourth-order valence-electron chi connectivity index (χ4n) is 1.23. The van der Waals surface area contributed by atoms with E-state index in [4.69, 9.17) is 0 Å². The second kappa shape index (κ2) is 2.88. The van der Waals surface area contributed by atoms with Crippen molar-refractivity contribution in [1.29, 1.82) is 0 Å². The maximum atomic E-state index is 11.2. The Morgan fingerprint density at radius 3 is 2.45 bits per heavy atom. The van der Waals surface area contributed by atoms with Crippen molar-refractivity contribution in [2.75, 3.05) is 0 Å². The molecule has 0 aromatic rings. The first kappa shape index (κ1) is 9.23. The van der Waals surface area contributed by atoms with Gasteiger partial charge in [-0.3, -0.25) is 4.79 Å². The predicted molar refractivity (Wildman–Crippen MR) is 54.7 cm³/mol. The first-order chi connectivity index (χ1) is 4.95. The Balaban J connectivity index is 3.07. The third-order valence-electron chi connectivity index (χ3n) is 2.57. The van der Waals surface area contributed by atoms with Crippen molar-refractivity contribution in [1.82, 2.24) is 0 Å². The minimum Gasteiger partial charge on any atom is -0.294 e. The number of halogens is 1. The zero-order valence-electron chi connectivity index (χ0n) is 7.20. The van der Waals surface area contributed by atoms with Crippen molar-refractivity contribution in [3.05, 3.63) is 9.15 Å². The van der Waals surface area contributed by atoms with Crippen LogP contribution in [-0.2, 0) is 4.79 Å². The SMILES string of the molecule is CC1=C(I)C(=O)CCC1(C)C. The quantitative estimate of drug-likeness (QED) is 0.614. The Labute approximate surface area is 81.4 Å². The second-order valence-corrected chi connectivity index (χ2v) is 4.82. The minimum atomic E-state index is 0.241. The van der Waals surface area contributed by atoms with Gasteiger partial charge in [-0.1, -0.05) is 19.4 Å². The number of carbonyl (C=O) groups is 1. The maximum absolute atomic E-state index is 11.2. The van der Waals surface area contributed by atoms with E-state index in [0.29, 0.717) is 5.78 Å². The topological polar surface area (TPSA) is 17.1 Å². The lowest BCUT2D eigenvalue weighted by Gasteiger charge is -2.30. The first-order valence-corrected chi connectivity index (χ1v) is 4.93. The van der Waals surface area contributed by atoms with Crippen LogP contribution in [0.5, 0.6) is 0 Å². The van der Waals surface area contributed by atoms with E-state index in [9.17, 15) is 4.79 Å². The molecule has 0 aromatic carbocycles. The van der Waals surface area contributed by atoms with Gasteiger partial charge in [-0.25, -0.2) is 0 Å². The normalized spacial score (nSPS) is 24.2. The number of carbonyl (C=O) groups excluding carboxylic acids is 1. The van der Waals surface area contributed by atoms with E-state index in [2.05, 4.69) is 43.4 Å². The summed E-state index contributed by atoms with van der Waals surface area (Å²) >= 11 is 2.16. The molecule has 0 amide bonds. The molecule has 0 spiro atoms. The molecule has 2 heteroatoms. The largest absolute Gasteiger partial charge is 0.294 e. The fourth-order valence-corrected chi connectivity index (χ4v) is 2.23. The van der Waals surface area contributed by atoms with Gasteiger partial charge in [0.1, 0.15) is 0 Å². The summed E-state index contributed by atoms with van der Waals surface area (Å²) in [5, 5.41) is 0. The zero-order chi connectivity index (χ0) is 8.65. The standard InChI is InChI=1S/C9H13IO/c1-6-8(10)7(11)4-5-9(6,2)3/h4-5H2,1-3H3. The molecule has 1 aliphatic carbocycles. The number of allylic oxidation sites excluding steroid dienone is 2. The number of Topliss-reactive ketones (excluding diaryl/α,β-unsaturated/α-hetero) is 1. The molecule has 0 bridgehead atoms. The summed E-state index contributed by atoms with van der Waals surface area (Å²) in [6, 6.07) is 0. The molecule has 0 saturated heterocycles. The monoisotopic (exact) mass is 264 g/mol. The highest BCUT2D eigenvalue weighted by Crippen LogP contribution is 2.40. The van der Waals surface area contributed by atoms with Gasteiger partial charge in [-0.05, 0) is 41.4 Å². The van der Waals surface area contributed by atoms with Gasteiger partial charge in [0.2, 0.25) is 0 Å². The Morgan fingerprint density at radius 1 is 1.45 bits per heavy atom. The van der Waals surface area contributed by atoms with Gasteiger partial charge in [0, 0.05) is 6.42 Å². The summed E-state index contributed by atoms with van der Waals surface area (Å²) in [7, 11) is 0. The second-order valence-electron chi connectivity index (χ2n) is 3.75. The van der Waals surface area contributed by atoms with Crippen LogP contribution in [0.25, 0.3) is 0 Å². The molecule has 1 rings (SSSR count). The zero-order valence-corrected chi connectivity index (χ0v) is 9.36. The number of ketones is 1. The van der Waals surface area contributed by atoms with Gasteiger partial charge in [0.05, 0.1) is 3.58 Å². The van der Waals surface area contributed by atoms with E-state index in [1.807, 2.05) is 0 Å². The van der Waals surface area contributed by atoms with Crippen molar-refractivity contribution in [3.63, 3.8) is 0 Å². The van der Waals surface area contributed by atoms with E-state index >= 15 is 0 Å². The van der Waals surface area contributed by atoms with Crippen LogP contribution in [0.2, 0.25) is 0 Å². The average Bonchev–Trinajstić information content (AvgIpc) is 1.95. The van der Waals surface area contributed by atoms with E-state index in [0.717, 1.165) is 16.4 Å². The van der Waals surface area contributed by atoms with E-state index in [-0.39, 0.29) is 5.41 Å². The van der Waals surface area contributed by atoms with Crippen LogP contribution in [0, 0.1) is 5.41 Å². The Kier molecular flexibility index (Phi) is 2.42. The smallest absolute Gasteiger partial charge is 0.168 e. The lowest BCUT2D eigenvalue weighted by molar-refractivity contribution is -0.115. The summed E-state index contributed by atoms with van der Waals surface area (Å²) in [6.45, 7) is 6.47. The first-order valence-electron chi connectivity index (χ1n) is 3.85. The van der Waals surface area contributed by atoms with Crippen molar-refractivity contribution < 1.29 is 4.79 Å². The van der Waals surface area contributed by atoms with Crippen LogP contribution in [0.1, 0.15) is 33.6 Å². The highest BCUT2D eigenvalue weighted by Gasteiger charge is 2.29. The van der Waals surface area contributed by atoms with E-state index in [1.165, 1.54) is 5.57 Å². The maximum Gasteiger partial charge on any atom is 0.168 e. The van der Waals surface area contributed by atoms with Crippen LogP contribution in [0.3, 0.4) is 0 Å². The summed E-state index contributed by atoms with van der Waals surface area (Å²) in [4.78, 5) is 11.2. The third kappa shape index (κ3) is 1.66. The fraction of sp³-hybridized carbons (Fsp3) is 0.667. The van der Waals surface area contributed by atoms with Crippen LogP contribution >= 0.6 is 22.6 Å². The molecule has 62 valence electrons. The van der Waals surface area contributed by atoms with Gasteiger partial charge in [-0.2, -0.15) is 0 Å². The molecule has 0 saturated carbocycles. The highest BCUT2D eigenvalue weighted by atomic mass is 127. The lowest BCUT2D eigenvalue weighted by atomic mass is 9.76. The summed E-state index contributed by atoms with van der Waals surface area (Å²) in [5.41, 5.74) is 1.50. The van der Waals surface area contributed by atoms with Crippen LogP contribution < -0.4 is 0 Å². The molecule has 0 unspecified atom stereocenters. The van der Waals surface area contributed by atoms with Gasteiger partial charge in [0.25, 0.3) is 0 Å². The molecule has 0 aromatic heterocycles. The number of hydrogen-bond donors (Lipinski definition) is 0. The summed E-state index contributed by atoms with van der Waals surface area (Å²) < 4.78 is 0.957. The molecule has 0 fully saturated rings. The number of rotatable bonds is 0. The Hall–Kier alpha value is 0.140. The molecule has 0 radical (unpaired) electrons. The van der Waals surface area contributed by atoms with Crippen LogP contribution in [0.4, 0.5) is 0 Å². The highest BCUT2D eigenvalue weighted by molar-refractivity contribution is 14.1. The molecular weight excluding hydrogens is 251 g/mol. The van der Waals surface area contributed by atoms with E-state index < -0.39 is 0 Å². The van der Waals surface area contributed by atoms with Gasteiger partial charge in [-0.15, -0.1) is 0 Å². The molecule has 0 heterocycles. The Bertz CT molecular complexity index is 226. The summed E-state index contributed by atoms with van der Waals surface area (Å²) in [5.74, 6) is 0.322. The molecule has 0 aliphatic heterocycles. The molecule has 0 N–H and O–H groups in total. The predicted octanol–water partition coefficient (Wildman–Crippen LogP) is 3.08. The molecule has 1 aliphatic rings. The van der Waals surface area contributed by atoms with Crippen LogP contribution in [0.15, 0.2) is 9.15 Å². The molecule has 1 nitrogen and oxygen atoms in total. The Morgan fingerprint density at radius 2 is 2.00 bits per heavy atom.